The second kappa shape index (κ2) is 4.66. The van der Waals surface area contributed by atoms with E-state index in [0.29, 0.717) is 10.9 Å². The summed E-state index contributed by atoms with van der Waals surface area (Å²) in [6, 6.07) is 16.4. The van der Waals surface area contributed by atoms with Crippen LogP contribution in [-0.4, -0.2) is 14.4 Å². The summed E-state index contributed by atoms with van der Waals surface area (Å²) in [4.78, 5) is 31.8. The van der Waals surface area contributed by atoms with Crippen LogP contribution in [0.2, 0.25) is 0 Å². The lowest BCUT2D eigenvalue weighted by atomic mass is 10.2. The van der Waals surface area contributed by atoms with E-state index in [1.165, 1.54) is 4.40 Å². The van der Waals surface area contributed by atoms with Crippen LogP contribution in [0.15, 0.2) is 64.2 Å². The Morgan fingerprint density at radius 2 is 1.68 bits per heavy atom. The van der Waals surface area contributed by atoms with Gasteiger partial charge in [0.15, 0.2) is 0 Å². The standard InChI is InChI=1S/C17H11N3O2/c21-15-14(10-11-6-2-1-3-7-11)20-16(22)12-8-4-5-9-13(12)18-17(20)19-15/h1-10H,(H,18,19,21)/b14-10-. The van der Waals surface area contributed by atoms with E-state index in [2.05, 4.69) is 9.97 Å². The van der Waals surface area contributed by atoms with Crippen LogP contribution >= 0.6 is 0 Å². The number of hydrogen-bond acceptors (Lipinski definition) is 3. The minimum absolute atomic E-state index is 0.249. The molecule has 2 aromatic carbocycles. The van der Waals surface area contributed by atoms with Gasteiger partial charge in [-0.1, -0.05) is 42.5 Å². The molecule has 1 N–H and O–H groups in total. The molecule has 2 aromatic heterocycles. The summed E-state index contributed by atoms with van der Waals surface area (Å²) in [5, 5.41) is 0.770. The van der Waals surface area contributed by atoms with Gasteiger partial charge in [-0.25, -0.2) is 9.38 Å². The molecule has 0 atom stereocenters. The van der Waals surface area contributed by atoms with E-state index in [0.717, 1.165) is 5.56 Å². The predicted octanol–water partition coefficient (Wildman–Crippen LogP) is 1.08. The van der Waals surface area contributed by atoms with Crippen molar-refractivity contribution < 1.29 is 0 Å². The van der Waals surface area contributed by atoms with Crippen molar-refractivity contribution in [3.05, 3.63) is 86.2 Å². The first-order valence-electron chi connectivity index (χ1n) is 6.84. The zero-order valence-corrected chi connectivity index (χ0v) is 11.5. The van der Waals surface area contributed by atoms with Crippen molar-refractivity contribution in [3.63, 3.8) is 0 Å². The molecule has 0 radical (unpaired) electrons. The summed E-state index contributed by atoms with van der Waals surface area (Å²) in [6.45, 7) is 0. The average molecular weight is 289 g/mol. The van der Waals surface area contributed by atoms with E-state index in [1.807, 2.05) is 36.4 Å². The van der Waals surface area contributed by atoms with Gasteiger partial charge in [0.05, 0.1) is 10.9 Å². The van der Waals surface area contributed by atoms with Crippen molar-refractivity contribution in [2.45, 2.75) is 0 Å². The lowest BCUT2D eigenvalue weighted by Gasteiger charge is -1.98. The van der Waals surface area contributed by atoms with Gasteiger partial charge in [0, 0.05) is 0 Å². The van der Waals surface area contributed by atoms with Crippen molar-refractivity contribution in [1.82, 2.24) is 14.4 Å². The number of benzene rings is 2. The maximum absolute atomic E-state index is 12.7. The van der Waals surface area contributed by atoms with Gasteiger partial charge >= 0.3 is 0 Å². The number of imidazole rings is 1. The van der Waals surface area contributed by atoms with Crippen LogP contribution in [0.1, 0.15) is 5.56 Å². The molecule has 0 fully saturated rings. The second-order valence-electron chi connectivity index (χ2n) is 4.99. The van der Waals surface area contributed by atoms with E-state index < -0.39 is 0 Å². The molecule has 2 heterocycles. The van der Waals surface area contributed by atoms with E-state index >= 15 is 0 Å². The molecule has 5 nitrogen and oxygen atoms in total. The van der Waals surface area contributed by atoms with E-state index in [1.54, 1.807) is 24.3 Å². The van der Waals surface area contributed by atoms with Crippen molar-refractivity contribution in [2.75, 3.05) is 0 Å². The number of H-pyrrole nitrogens is 1. The molecule has 0 unspecified atom stereocenters. The van der Waals surface area contributed by atoms with E-state index in [4.69, 9.17) is 0 Å². The van der Waals surface area contributed by atoms with Crippen LogP contribution in [-0.2, 0) is 0 Å². The highest BCUT2D eigenvalue weighted by atomic mass is 16.1. The van der Waals surface area contributed by atoms with Gasteiger partial charge in [-0.15, -0.1) is 0 Å². The third kappa shape index (κ3) is 1.83. The SMILES string of the molecule is O=c1[nH]c2nc3ccccc3c(=O)n2/c1=C\c1ccccc1. The largest absolute Gasteiger partial charge is 0.290 e. The minimum Gasteiger partial charge on any atom is -0.290 e. The van der Waals surface area contributed by atoms with Crippen LogP contribution in [0.3, 0.4) is 0 Å². The van der Waals surface area contributed by atoms with Crippen LogP contribution in [0, 0.1) is 0 Å². The molecule has 0 saturated heterocycles. The fourth-order valence-electron chi connectivity index (χ4n) is 2.54. The highest BCUT2D eigenvalue weighted by molar-refractivity contribution is 5.79. The normalized spacial score (nSPS) is 12.3. The Balaban J connectivity index is 2.19. The Kier molecular flexibility index (Phi) is 2.66. The number of aromatic amines is 1. The number of nitrogens with zero attached hydrogens (tertiary/aromatic N) is 2. The number of aromatic nitrogens is 3. The smallest absolute Gasteiger partial charge is 0.275 e. The molecule has 0 aliphatic rings. The van der Waals surface area contributed by atoms with Crippen molar-refractivity contribution in [2.24, 2.45) is 0 Å². The first kappa shape index (κ1) is 12.5. The maximum Gasteiger partial charge on any atom is 0.275 e. The highest BCUT2D eigenvalue weighted by Crippen LogP contribution is 2.06. The third-order valence-corrected chi connectivity index (χ3v) is 3.58. The van der Waals surface area contributed by atoms with Crippen LogP contribution in [0.4, 0.5) is 0 Å². The Morgan fingerprint density at radius 1 is 0.955 bits per heavy atom. The molecule has 0 amide bonds. The van der Waals surface area contributed by atoms with Gasteiger partial charge in [-0.3, -0.25) is 14.6 Å². The summed E-state index contributed by atoms with van der Waals surface area (Å²) in [5.74, 6) is 0.260. The minimum atomic E-state index is -0.330. The number of nitrogens with one attached hydrogen (secondary N) is 1. The van der Waals surface area contributed by atoms with Gasteiger partial charge in [-0.05, 0) is 23.8 Å². The van der Waals surface area contributed by atoms with Crippen LogP contribution in [0.25, 0.3) is 22.8 Å². The zero-order valence-electron chi connectivity index (χ0n) is 11.5. The molecular formula is C17H11N3O2. The molecule has 0 aliphatic heterocycles. The monoisotopic (exact) mass is 289 g/mol. The van der Waals surface area contributed by atoms with E-state index in [9.17, 15) is 9.59 Å². The molecule has 0 saturated carbocycles. The van der Waals surface area contributed by atoms with Crippen molar-refractivity contribution in [1.29, 1.82) is 0 Å². The summed E-state index contributed by atoms with van der Waals surface area (Å²) < 4.78 is 1.33. The molecule has 22 heavy (non-hydrogen) atoms. The quantitative estimate of drug-likeness (QED) is 0.570. The first-order valence-corrected chi connectivity index (χ1v) is 6.84. The molecule has 5 heteroatoms. The van der Waals surface area contributed by atoms with Crippen LogP contribution in [0.5, 0.6) is 0 Å². The third-order valence-electron chi connectivity index (χ3n) is 3.58. The molecule has 106 valence electrons. The summed E-state index contributed by atoms with van der Waals surface area (Å²) >= 11 is 0. The fraction of sp³-hybridized carbons (Fsp3) is 0. The van der Waals surface area contributed by atoms with Gasteiger partial charge in [0.1, 0.15) is 5.35 Å². The molecule has 4 aromatic rings. The van der Waals surface area contributed by atoms with E-state index in [-0.39, 0.29) is 22.2 Å². The van der Waals surface area contributed by atoms with Gasteiger partial charge in [0.2, 0.25) is 5.78 Å². The number of hydrogen-bond donors (Lipinski definition) is 1. The lowest BCUT2D eigenvalue weighted by molar-refractivity contribution is 1.05. The topological polar surface area (TPSA) is 67.2 Å². The van der Waals surface area contributed by atoms with Crippen LogP contribution < -0.4 is 16.5 Å². The Hall–Kier alpha value is -3.21. The Morgan fingerprint density at radius 3 is 2.50 bits per heavy atom. The first-order chi connectivity index (χ1) is 10.7. The zero-order chi connectivity index (χ0) is 15.1. The molecule has 4 rings (SSSR count). The van der Waals surface area contributed by atoms with Gasteiger partial charge in [0.25, 0.3) is 11.1 Å². The molecule has 0 spiro atoms. The molecule has 0 bridgehead atoms. The molecular weight excluding hydrogens is 278 g/mol. The maximum atomic E-state index is 12.7. The number of fused-ring (bicyclic) bond motifs is 2. The Labute approximate surface area is 124 Å². The second-order valence-corrected chi connectivity index (χ2v) is 4.99. The number of para-hydroxylation sites is 1. The number of rotatable bonds is 1. The summed E-state index contributed by atoms with van der Waals surface area (Å²) in [6.07, 6.45) is 1.68. The predicted molar refractivity (Wildman–Crippen MR) is 84.8 cm³/mol. The highest BCUT2D eigenvalue weighted by Gasteiger charge is 2.09. The van der Waals surface area contributed by atoms with Gasteiger partial charge < -0.3 is 0 Å². The average Bonchev–Trinajstić information content (AvgIpc) is 2.85. The fourth-order valence-corrected chi connectivity index (χ4v) is 2.54. The van der Waals surface area contributed by atoms with Crippen molar-refractivity contribution >= 4 is 22.8 Å². The Bertz CT molecular complexity index is 1160. The van der Waals surface area contributed by atoms with Gasteiger partial charge in [-0.2, -0.15) is 0 Å². The van der Waals surface area contributed by atoms with Crippen molar-refractivity contribution in [3.8, 4) is 0 Å². The molecule has 0 aliphatic carbocycles. The summed E-state index contributed by atoms with van der Waals surface area (Å²) in [5.41, 5.74) is 0.838. The lowest BCUT2D eigenvalue weighted by Crippen LogP contribution is -2.32. The summed E-state index contributed by atoms with van der Waals surface area (Å²) in [7, 11) is 0.